The van der Waals surface area contributed by atoms with Crippen LogP contribution in [0, 0.1) is 0 Å². The number of primary amides is 1. The Kier molecular flexibility index (Phi) is 3.65. The van der Waals surface area contributed by atoms with Crippen LogP contribution >= 0.6 is 11.6 Å². The lowest BCUT2D eigenvalue weighted by Crippen LogP contribution is -2.22. The molecule has 5 N–H and O–H groups in total. The van der Waals surface area contributed by atoms with Crippen molar-refractivity contribution in [3.63, 3.8) is 0 Å². The van der Waals surface area contributed by atoms with E-state index in [9.17, 15) is 9.59 Å². The van der Waals surface area contributed by atoms with Crippen molar-refractivity contribution in [2.24, 2.45) is 11.5 Å². The Balaban J connectivity index is 2.91. The molecular weight excluding hydrogens is 218 g/mol. The highest BCUT2D eigenvalue weighted by molar-refractivity contribution is 6.34. The van der Waals surface area contributed by atoms with Crippen LogP contribution in [0.15, 0.2) is 18.2 Å². The Morgan fingerprint density at radius 1 is 1.40 bits per heavy atom. The molecule has 0 heterocycles. The molecule has 0 saturated carbocycles. The van der Waals surface area contributed by atoms with Gasteiger partial charge in [0.05, 0.1) is 17.1 Å². The first-order valence-corrected chi connectivity index (χ1v) is 4.51. The van der Waals surface area contributed by atoms with Gasteiger partial charge in [0.15, 0.2) is 0 Å². The van der Waals surface area contributed by atoms with Crippen molar-refractivity contribution in [3.05, 3.63) is 28.8 Å². The molecule has 1 rings (SSSR count). The van der Waals surface area contributed by atoms with Crippen LogP contribution in [-0.4, -0.2) is 18.4 Å². The van der Waals surface area contributed by atoms with Crippen molar-refractivity contribution in [3.8, 4) is 0 Å². The van der Waals surface area contributed by atoms with Gasteiger partial charge in [-0.3, -0.25) is 9.59 Å². The lowest BCUT2D eigenvalue weighted by Gasteiger charge is -2.05. The summed E-state index contributed by atoms with van der Waals surface area (Å²) in [5, 5.41) is 2.69. The minimum Gasteiger partial charge on any atom is -0.366 e. The number of carbonyl (C=O) groups excluding carboxylic acids is 2. The summed E-state index contributed by atoms with van der Waals surface area (Å²) in [4.78, 5) is 21.8. The van der Waals surface area contributed by atoms with Gasteiger partial charge in [0.1, 0.15) is 0 Å². The molecule has 0 radical (unpaired) electrons. The Labute approximate surface area is 91.4 Å². The zero-order valence-electron chi connectivity index (χ0n) is 7.79. The maximum atomic E-state index is 10.9. The van der Waals surface area contributed by atoms with Gasteiger partial charge in [-0.2, -0.15) is 0 Å². The topological polar surface area (TPSA) is 98.2 Å². The van der Waals surface area contributed by atoms with Gasteiger partial charge in [0.2, 0.25) is 11.8 Å². The van der Waals surface area contributed by atoms with Gasteiger partial charge >= 0.3 is 0 Å². The second-order valence-electron chi connectivity index (χ2n) is 2.81. The molecule has 0 aliphatic rings. The molecule has 0 unspecified atom stereocenters. The van der Waals surface area contributed by atoms with E-state index in [1.165, 1.54) is 18.2 Å². The average Bonchev–Trinajstić information content (AvgIpc) is 2.17. The van der Waals surface area contributed by atoms with Gasteiger partial charge in [-0.1, -0.05) is 11.6 Å². The normalized spacial score (nSPS) is 9.73. The molecule has 1 aromatic rings. The van der Waals surface area contributed by atoms with Crippen molar-refractivity contribution in [2.45, 2.75) is 0 Å². The van der Waals surface area contributed by atoms with E-state index in [2.05, 4.69) is 5.32 Å². The van der Waals surface area contributed by atoms with Crippen molar-refractivity contribution >= 4 is 29.1 Å². The van der Waals surface area contributed by atoms with Crippen molar-refractivity contribution in [1.82, 2.24) is 0 Å². The number of rotatable bonds is 3. The highest BCUT2D eigenvalue weighted by Gasteiger charge is 2.07. The van der Waals surface area contributed by atoms with Crippen LogP contribution in [0.25, 0.3) is 0 Å². The summed E-state index contributed by atoms with van der Waals surface area (Å²) >= 11 is 5.77. The van der Waals surface area contributed by atoms with Crippen LogP contribution in [0.3, 0.4) is 0 Å². The third kappa shape index (κ3) is 2.93. The number of anilines is 1. The second kappa shape index (κ2) is 4.77. The number of carbonyl (C=O) groups is 2. The molecule has 0 aliphatic heterocycles. The summed E-state index contributed by atoms with van der Waals surface area (Å²) in [5.41, 5.74) is 10.9. The smallest absolute Gasteiger partial charge is 0.250 e. The SMILES string of the molecule is NCC(=O)Nc1ccc(C(N)=O)c(Cl)c1. The third-order valence-electron chi connectivity index (χ3n) is 1.70. The van der Waals surface area contributed by atoms with Crippen LogP contribution in [0.4, 0.5) is 5.69 Å². The van der Waals surface area contributed by atoms with E-state index in [4.69, 9.17) is 23.1 Å². The largest absolute Gasteiger partial charge is 0.366 e. The molecule has 0 fully saturated rings. The fourth-order valence-electron chi connectivity index (χ4n) is 1.00. The van der Waals surface area contributed by atoms with E-state index < -0.39 is 5.91 Å². The van der Waals surface area contributed by atoms with Crippen LogP contribution in [0.1, 0.15) is 10.4 Å². The van der Waals surface area contributed by atoms with E-state index in [0.717, 1.165) is 0 Å². The van der Waals surface area contributed by atoms with Gasteiger partial charge in [-0.05, 0) is 18.2 Å². The van der Waals surface area contributed by atoms with E-state index in [1.807, 2.05) is 0 Å². The highest BCUT2D eigenvalue weighted by Crippen LogP contribution is 2.20. The molecule has 1 aromatic carbocycles. The van der Waals surface area contributed by atoms with Gasteiger partial charge in [0.25, 0.3) is 0 Å². The fourth-order valence-corrected chi connectivity index (χ4v) is 1.28. The monoisotopic (exact) mass is 227 g/mol. The Morgan fingerprint density at radius 2 is 2.07 bits per heavy atom. The number of hydrogen-bond donors (Lipinski definition) is 3. The minimum atomic E-state index is -0.614. The number of nitrogens with two attached hydrogens (primary N) is 2. The number of benzene rings is 1. The Hall–Kier alpha value is -1.59. The summed E-state index contributed by atoms with van der Waals surface area (Å²) in [7, 11) is 0. The van der Waals surface area contributed by atoms with Crippen LogP contribution < -0.4 is 16.8 Å². The first kappa shape index (κ1) is 11.5. The van der Waals surface area contributed by atoms with E-state index in [1.54, 1.807) is 0 Å². The Morgan fingerprint density at radius 3 is 2.53 bits per heavy atom. The Bertz CT molecular complexity index is 406. The lowest BCUT2D eigenvalue weighted by atomic mass is 10.2. The standard InChI is InChI=1S/C9H10ClN3O2/c10-7-3-5(13-8(14)4-11)1-2-6(7)9(12)15/h1-3H,4,11H2,(H2,12,15)(H,13,14). The number of amides is 2. The van der Waals surface area contributed by atoms with Gasteiger partial charge in [0, 0.05) is 5.69 Å². The molecule has 80 valence electrons. The number of hydrogen-bond acceptors (Lipinski definition) is 3. The second-order valence-corrected chi connectivity index (χ2v) is 3.22. The highest BCUT2D eigenvalue weighted by atomic mass is 35.5. The molecule has 0 saturated heterocycles. The molecule has 0 spiro atoms. The fraction of sp³-hybridized carbons (Fsp3) is 0.111. The lowest BCUT2D eigenvalue weighted by molar-refractivity contribution is -0.114. The van der Waals surface area contributed by atoms with Crippen molar-refractivity contribution < 1.29 is 9.59 Å². The van der Waals surface area contributed by atoms with E-state index in [-0.39, 0.29) is 23.0 Å². The van der Waals surface area contributed by atoms with Gasteiger partial charge in [-0.15, -0.1) is 0 Å². The summed E-state index contributed by atoms with van der Waals surface area (Å²) < 4.78 is 0. The maximum absolute atomic E-state index is 10.9. The molecular formula is C9H10ClN3O2. The minimum absolute atomic E-state index is 0.116. The maximum Gasteiger partial charge on any atom is 0.250 e. The van der Waals surface area contributed by atoms with E-state index >= 15 is 0 Å². The summed E-state index contributed by atoms with van der Waals surface area (Å²) in [6.45, 7) is -0.116. The van der Waals surface area contributed by atoms with Crippen LogP contribution in [0.5, 0.6) is 0 Å². The summed E-state index contributed by atoms with van der Waals surface area (Å²) in [6, 6.07) is 4.41. The number of nitrogens with one attached hydrogen (secondary N) is 1. The molecule has 0 aliphatic carbocycles. The van der Waals surface area contributed by atoms with Crippen molar-refractivity contribution in [2.75, 3.05) is 11.9 Å². The first-order valence-electron chi connectivity index (χ1n) is 4.14. The molecule has 0 bridgehead atoms. The molecule has 0 atom stereocenters. The predicted octanol–water partition coefficient (Wildman–Crippen LogP) is 0.336. The quantitative estimate of drug-likeness (QED) is 0.694. The first-order chi connectivity index (χ1) is 7.04. The number of halogens is 1. The summed E-state index contributed by atoms with van der Waals surface area (Å²) in [6.07, 6.45) is 0. The third-order valence-corrected chi connectivity index (χ3v) is 2.02. The molecule has 0 aromatic heterocycles. The molecule has 5 nitrogen and oxygen atoms in total. The van der Waals surface area contributed by atoms with E-state index in [0.29, 0.717) is 5.69 Å². The van der Waals surface area contributed by atoms with Gasteiger partial charge < -0.3 is 16.8 Å². The summed E-state index contributed by atoms with van der Waals surface area (Å²) in [5.74, 6) is -0.949. The predicted molar refractivity (Wildman–Crippen MR) is 57.7 cm³/mol. The zero-order valence-corrected chi connectivity index (χ0v) is 8.54. The van der Waals surface area contributed by atoms with Gasteiger partial charge in [-0.25, -0.2) is 0 Å². The molecule has 2 amide bonds. The molecule has 15 heavy (non-hydrogen) atoms. The average molecular weight is 228 g/mol. The zero-order chi connectivity index (χ0) is 11.4. The molecule has 6 heteroatoms. The van der Waals surface area contributed by atoms with Crippen LogP contribution in [-0.2, 0) is 4.79 Å². The van der Waals surface area contributed by atoms with Crippen molar-refractivity contribution in [1.29, 1.82) is 0 Å². The van der Waals surface area contributed by atoms with Crippen LogP contribution in [0.2, 0.25) is 5.02 Å².